The van der Waals surface area contributed by atoms with Crippen molar-refractivity contribution in [2.45, 2.75) is 13.8 Å². The van der Waals surface area contributed by atoms with Gasteiger partial charge >= 0.3 is 5.97 Å². The Bertz CT molecular complexity index is 1160. The summed E-state index contributed by atoms with van der Waals surface area (Å²) < 4.78 is 6.83. The predicted octanol–water partition coefficient (Wildman–Crippen LogP) is 5.73. The molecule has 1 N–H and O–H groups in total. The van der Waals surface area contributed by atoms with E-state index in [9.17, 15) is 9.90 Å². The number of benzene rings is 2. The minimum absolute atomic E-state index is 0.235. The van der Waals surface area contributed by atoms with Crippen molar-refractivity contribution in [3.63, 3.8) is 0 Å². The first kappa shape index (κ1) is 15.8. The largest absolute Gasteiger partial charge is 0.478 e. The maximum absolute atomic E-state index is 11.8. The highest BCUT2D eigenvalue weighted by Crippen LogP contribution is 2.32. The molecule has 0 saturated heterocycles. The Morgan fingerprint density at radius 3 is 2.68 bits per heavy atom. The van der Waals surface area contributed by atoms with Gasteiger partial charge in [0.25, 0.3) is 0 Å². The molecule has 0 atom stereocenters. The minimum Gasteiger partial charge on any atom is -0.478 e. The number of aromatic carboxylic acids is 1. The number of aromatic nitrogens is 1. The Balaban J connectivity index is 2.02. The fraction of sp³-hybridized carbons (Fsp3) is 0.100. The number of carboxylic acid groups (broad SMARTS) is 1. The van der Waals surface area contributed by atoms with Crippen LogP contribution < -0.4 is 0 Å². The van der Waals surface area contributed by atoms with Gasteiger partial charge in [-0.2, -0.15) is 0 Å². The number of carbonyl (C=O) groups is 1. The molecule has 0 saturated carbocycles. The zero-order chi connectivity index (χ0) is 17.7. The van der Waals surface area contributed by atoms with E-state index < -0.39 is 5.97 Å². The molecule has 2 aromatic carbocycles. The van der Waals surface area contributed by atoms with E-state index in [2.05, 4.69) is 20.9 Å². The van der Waals surface area contributed by atoms with Gasteiger partial charge in [-0.3, -0.25) is 0 Å². The SMILES string of the molecule is Cc1cc(C)c2c(C(=O)O)cc(-c3cc4cc(Br)ccc4o3)nc2c1. The molecule has 2 aromatic heterocycles. The van der Waals surface area contributed by atoms with Crippen LogP contribution in [0.3, 0.4) is 0 Å². The number of carboxylic acids is 1. The lowest BCUT2D eigenvalue weighted by Crippen LogP contribution is -2.02. The molecule has 0 unspecified atom stereocenters. The number of hydrogen-bond donors (Lipinski definition) is 1. The zero-order valence-electron chi connectivity index (χ0n) is 13.6. The molecule has 0 aliphatic carbocycles. The number of halogens is 1. The molecule has 4 nitrogen and oxygen atoms in total. The van der Waals surface area contributed by atoms with E-state index in [-0.39, 0.29) is 5.56 Å². The highest BCUT2D eigenvalue weighted by molar-refractivity contribution is 9.10. The molecule has 25 heavy (non-hydrogen) atoms. The first-order valence-corrected chi connectivity index (χ1v) is 8.56. The Kier molecular flexibility index (Phi) is 3.62. The van der Waals surface area contributed by atoms with Gasteiger partial charge < -0.3 is 9.52 Å². The van der Waals surface area contributed by atoms with Crippen molar-refractivity contribution in [2.75, 3.05) is 0 Å². The Morgan fingerprint density at radius 2 is 1.92 bits per heavy atom. The third-order valence-corrected chi connectivity index (χ3v) is 4.70. The van der Waals surface area contributed by atoms with Gasteiger partial charge in [-0.05, 0) is 61.4 Å². The first-order valence-electron chi connectivity index (χ1n) is 7.77. The average molecular weight is 396 g/mol. The summed E-state index contributed by atoms with van der Waals surface area (Å²) in [6, 6.07) is 13.1. The molecule has 124 valence electrons. The second kappa shape index (κ2) is 5.70. The summed E-state index contributed by atoms with van der Waals surface area (Å²) in [5.41, 5.74) is 4.09. The molecule has 5 heteroatoms. The fourth-order valence-corrected chi connectivity index (χ4v) is 3.57. The number of nitrogens with zero attached hydrogens (tertiary/aromatic N) is 1. The Hall–Kier alpha value is -2.66. The Labute approximate surface area is 152 Å². The molecule has 0 amide bonds. The lowest BCUT2D eigenvalue weighted by Gasteiger charge is -2.09. The number of furan rings is 1. The van der Waals surface area contributed by atoms with Crippen LogP contribution in [0.5, 0.6) is 0 Å². The number of aryl methyl sites for hydroxylation is 2. The summed E-state index contributed by atoms with van der Waals surface area (Å²) in [4.78, 5) is 16.4. The molecule has 0 bridgehead atoms. The van der Waals surface area contributed by atoms with Crippen LogP contribution in [0.25, 0.3) is 33.3 Å². The molecule has 0 spiro atoms. The summed E-state index contributed by atoms with van der Waals surface area (Å²) in [7, 11) is 0. The van der Waals surface area contributed by atoms with Crippen LogP contribution in [0, 0.1) is 13.8 Å². The van der Waals surface area contributed by atoms with Crippen molar-refractivity contribution in [1.82, 2.24) is 4.98 Å². The van der Waals surface area contributed by atoms with Crippen molar-refractivity contribution < 1.29 is 14.3 Å². The van der Waals surface area contributed by atoms with E-state index >= 15 is 0 Å². The van der Waals surface area contributed by atoms with Gasteiger partial charge in [0.05, 0.1) is 11.1 Å². The third-order valence-electron chi connectivity index (χ3n) is 4.21. The maximum Gasteiger partial charge on any atom is 0.336 e. The number of pyridine rings is 1. The van der Waals surface area contributed by atoms with Gasteiger partial charge in [0.15, 0.2) is 5.76 Å². The molecular formula is C20H14BrNO3. The van der Waals surface area contributed by atoms with Crippen LogP contribution in [0.1, 0.15) is 21.5 Å². The van der Waals surface area contributed by atoms with Crippen molar-refractivity contribution in [2.24, 2.45) is 0 Å². The highest BCUT2D eigenvalue weighted by Gasteiger charge is 2.17. The third kappa shape index (κ3) is 2.70. The van der Waals surface area contributed by atoms with Gasteiger partial charge in [-0.1, -0.05) is 22.0 Å². The summed E-state index contributed by atoms with van der Waals surface area (Å²) in [6.45, 7) is 3.88. The molecule has 0 radical (unpaired) electrons. The van der Waals surface area contributed by atoms with Gasteiger partial charge in [-0.15, -0.1) is 0 Å². The fourth-order valence-electron chi connectivity index (χ4n) is 3.19. The number of rotatable bonds is 2. The number of fused-ring (bicyclic) bond motifs is 2. The van der Waals surface area contributed by atoms with E-state index in [1.54, 1.807) is 6.07 Å². The Morgan fingerprint density at radius 1 is 1.12 bits per heavy atom. The van der Waals surface area contributed by atoms with Crippen LogP contribution >= 0.6 is 15.9 Å². The smallest absolute Gasteiger partial charge is 0.336 e. The van der Waals surface area contributed by atoms with Crippen molar-refractivity contribution in [3.05, 3.63) is 63.6 Å². The maximum atomic E-state index is 11.8. The van der Waals surface area contributed by atoms with Gasteiger partial charge in [0.1, 0.15) is 11.3 Å². The molecule has 0 aliphatic rings. The van der Waals surface area contributed by atoms with E-state index in [1.807, 2.05) is 50.2 Å². The lowest BCUT2D eigenvalue weighted by atomic mass is 10.00. The van der Waals surface area contributed by atoms with Crippen LogP contribution in [-0.2, 0) is 0 Å². The van der Waals surface area contributed by atoms with Gasteiger partial charge in [0, 0.05) is 15.2 Å². The minimum atomic E-state index is -0.973. The lowest BCUT2D eigenvalue weighted by molar-refractivity contribution is 0.0699. The molecule has 2 heterocycles. The summed E-state index contributed by atoms with van der Waals surface area (Å²) in [5, 5.41) is 11.3. The van der Waals surface area contributed by atoms with Crippen molar-refractivity contribution in [1.29, 1.82) is 0 Å². The standard InChI is InChI=1S/C20H14BrNO3/c1-10-5-11(2)19-14(20(23)24)9-15(22-16(19)6-10)18-8-12-7-13(21)3-4-17(12)25-18/h3-9H,1-2H3,(H,23,24). The predicted molar refractivity (Wildman–Crippen MR) is 101 cm³/mol. The van der Waals surface area contributed by atoms with Crippen LogP contribution in [0.2, 0.25) is 0 Å². The second-order valence-corrected chi connectivity index (χ2v) is 7.04. The van der Waals surface area contributed by atoms with E-state index in [1.165, 1.54) is 0 Å². The van der Waals surface area contributed by atoms with Crippen LogP contribution in [-0.4, -0.2) is 16.1 Å². The summed E-state index contributed by atoms with van der Waals surface area (Å²) >= 11 is 3.44. The second-order valence-electron chi connectivity index (χ2n) is 6.13. The van der Waals surface area contributed by atoms with E-state index in [4.69, 9.17) is 4.42 Å². The van der Waals surface area contributed by atoms with Gasteiger partial charge in [-0.25, -0.2) is 9.78 Å². The molecular weight excluding hydrogens is 382 g/mol. The zero-order valence-corrected chi connectivity index (χ0v) is 15.2. The van der Waals surface area contributed by atoms with Crippen LogP contribution in [0.4, 0.5) is 0 Å². The summed E-state index contributed by atoms with van der Waals surface area (Å²) in [6.07, 6.45) is 0. The molecule has 0 fully saturated rings. The normalized spacial score (nSPS) is 11.3. The first-order chi connectivity index (χ1) is 11.9. The molecule has 4 rings (SSSR count). The monoisotopic (exact) mass is 395 g/mol. The van der Waals surface area contributed by atoms with Crippen molar-refractivity contribution >= 4 is 43.8 Å². The average Bonchev–Trinajstić information content (AvgIpc) is 2.96. The quantitative estimate of drug-likeness (QED) is 0.470. The molecule has 4 aromatic rings. The summed E-state index contributed by atoms with van der Waals surface area (Å²) in [5.74, 6) is -0.420. The topological polar surface area (TPSA) is 63.3 Å². The van der Waals surface area contributed by atoms with E-state index in [0.717, 1.165) is 26.6 Å². The van der Waals surface area contributed by atoms with Crippen molar-refractivity contribution in [3.8, 4) is 11.5 Å². The van der Waals surface area contributed by atoms with E-state index in [0.29, 0.717) is 22.4 Å². The number of hydrogen-bond acceptors (Lipinski definition) is 3. The van der Waals surface area contributed by atoms with Gasteiger partial charge in [0.2, 0.25) is 0 Å². The van der Waals surface area contributed by atoms with Crippen LogP contribution in [0.15, 0.2) is 51.4 Å². The molecule has 0 aliphatic heterocycles. The highest BCUT2D eigenvalue weighted by atomic mass is 79.9.